The van der Waals surface area contributed by atoms with E-state index in [1.165, 1.54) is 6.20 Å². The fourth-order valence-corrected chi connectivity index (χ4v) is 5.46. The van der Waals surface area contributed by atoms with Gasteiger partial charge in [-0.05, 0) is 60.9 Å². The van der Waals surface area contributed by atoms with Crippen molar-refractivity contribution in [1.82, 2.24) is 14.9 Å². The van der Waals surface area contributed by atoms with E-state index in [1.807, 2.05) is 47.4 Å². The van der Waals surface area contributed by atoms with E-state index in [-0.39, 0.29) is 6.61 Å². The molecule has 0 saturated carbocycles. The minimum absolute atomic E-state index is 0.155. The Hall–Kier alpha value is -5.02. The highest BCUT2D eigenvalue weighted by Gasteiger charge is 2.29. The predicted octanol–water partition coefficient (Wildman–Crippen LogP) is 6.73. The number of pyridine rings is 2. The Morgan fingerprint density at radius 3 is 2.70 bits per heavy atom. The largest absolute Gasteiger partial charge is 0.488 e. The van der Waals surface area contributed by atoms with Crippen LogP contribution >= 0.6 is 11.6 Å². The van der Waals surface area contributed by atoms with Crippen molar-refractivity contribution in [3.05, 3.63) is 112 Å². The molecule has 1 N–H and O–H groups in total. The van der Waals surface area contributed by atoms with Gasteiger partial charge in [0.05, 0.1) is 16.8 Å². The van der Waals surface area contributed by atoms with E-state index in [0.29, 0.717) is 52.7 Å². The third kappa shape index (κ3) is 7.07. The number of rotatable bonds is 9. The number of ether oxygens (including phenoxy) is 1. The Labute approximate surface area is 255 Å². The predicted molar refractivity (Wildman–Crippen MR) is 164 cm³/mol. The van der Waals surface area contributed by atoms with Gasteiger partial charge in [-0.25, -0.2) is 0 Å². The van der Waals surface area contributed by atoms with Crippen LogP contribution in [-0.4, -0.2) is 38.5 Å². The number of carboxylic acid groups (broad SMARTS) is 1. The van der Waals surface area contributed by atoms with E-state index in [4.69, 9.17) is 16.3 Å². The van der Waals surface area contributed by atoms with Crippen LogP contribution in [0.4, 0.5) is 0 Å². The number of aliphatic carboxylic acids is 1. The first kappa shape index (κ1) is 29.5. The number of nitrogens with zero attached hydrogens (tertiary/aromatic N) is 5. The zero-order chi connectivity index (χ0) is 30.2. The molecule has 2 aromatic carbocycles. The number of piperidine rings is 1. The highest BCUT2D eigenvalue weighted by Crippen LogP contribution is 2.33. The maximum Gasteiger partial charge on any atom is 0.320 e. The molecule has 0 aliphatic carbocycles. The number of likely N-dealkylation sites (tertiary alicyclic amines) is 1. The third-order valence-corrected chi connectivity index (χ3v) is 7.70. The fourth-order valence-electron chi connectivity index (χ4n) is 5.21. The third-order valence-electron chi connectivity index (χ3n) is 7.37. The number of carboxylic acids is 1. The lowest BCUT2D eigenvalue weighted by atomic mass is 9.99. The van der Waals surface area contributed by atoms with Crippen LogP contribution in [-0.2, 0) is 17.9 Å². The van der Waals surface area contributed by atoms with E-state index in [1.54, 1.807) is 36.7 Å². The van der Waals surface area contributed by atoms with Gasteiger partial charge in [-0.2, -0.15) is 10.5 Å². The molecular formula is C34H28ClN5O3. The van der Waals surface area contributed by atoms with Gasteiger partial charge in [-0.1, -0.05) is 54.4 Å². The van der Waals surface area contributed by atoms with E-state index in [2.05, 4.69) is 22.1 Å². The van der Waals surface area contributed by atoms with Crippen LogP contribution in [0.5, 0.6) is 5.75 Å². The second kappa shape index (κ2) is 13.8. The molecular weight excluding hydrogens is 562 g/mol. The number of halogens is 1. The Balaban J connectivity index is 1.49. The summed E-state index contributed by atoms with van der Waals surface area (Å²) in [6.07, 6.45) is 10.7. The average molecular weight is 590 g/mol. The van der Waals surface area contributed by atoms with Crippen molar-refractivity contribution in [1.29, 1.82) is 10.5 Å². The number of nitriles is 2. The lowest BCUT2D eigenvalue weighted by Crippen LogP contribution is -2.44. The van der Waals surface area contributed by atoms with Gasteiger partial charge in [-0.15, -0.1) is 0 Å². The zero-order valence-electron chi connectivity index (χ0n) is 23.3. The summed E-state index contributed by atoms with van der Waals surface area (Å²) in [6, 6.07) is 20.6. The molecule has 5 rings (SSSR count). The van der Waals surface area contributed by atoms with Crippen LogP contribution in [0.1, 0.15) is 52.8 Å². The summed E-state index contributed by atoms with van der Waals surface area (Å²) < 4.78 is 6.25. The molecule has 0 bridgehead atoms. The SMILES string of the molecule is N#Cc1cncc(COc2cc(/C=C/c3nccc(-c4ccccc4)c3C#N)c(Cl)cc2CN2CCCC[C@H]2C(=O)O)c1. The smallest absolute Gasteiger partial charge is 0.320 e. The molecule has 8 nitrogen and oxygen atoms in total. The van der Waals surface area contributed by atoms with Gasteiger partial charge in [0.1, 0.15) is 30.5 Å². The maximum absolute atomic E-state index is 11.9. The van der Waals surface area contributed by atoms with Gasteiger partial charge < -0.3 is 9.84 Å². The Bertz CT molecular complexity index is 1740. The second-order valence-electron chi connectivity index (χ2n) is 10.2. The molecule has 4 aromatic rings. The topological polar surface area (TPSA) is 123 Å². The molecule has 1 aliphatic heterocycles. The average Bonchev–Trinajstić information content (AvgIpc) is 3.04. The minimum Gasteiger partial charge on any atom is -0.488 e. The van der Waals surface area contributed by atoms with Crippen LogP contribution in [0, 0.1) is 22.7 Å². The molecule has 1 atom stereocenters. The number of aromatic nitrogens is 2. The van der Waals surface area contributed by atoms with Crippen LogP contribution < -0.4 is 4.74 Å². The van der Waals surface area contributed by atoms with E-state index < -0.39 is 12.0 Å². The Kier molecular flexibility index (Phi) is 9.43. The summed E-state index contributed by atoms with van der Waals surface area (Å²) in [6.45, 7) is 1.16. The molecule has 0 amide bonds. The molecule has 1 saturated heterocycles. The molecule has 1 fully saturated rings. The number of benzene rings is 2. The summed E-state index contributed by atoms with van der Waals surface area (Å²) in [5.74, 6) is -0.307. The molecule has 1 aliphatic rings. The highest BCUT2D eigenvalue weighted by molar-refractivity contribution is 6.32. The number of hydrogen-bond donors (Lipinski definition) is 1. The first-order chi connectivity index (χ1) is 21.0. The molecule has 3 heterocycles. The van der Waals surface area contributed by atoms with Crippen molar-refractivity contribution in [2.24, 2.45) is 0 Å². The molecule has 9 heteroatoms. The van der Waals surface area contributed by atoms with E-state index >= 15 is 0 Å². The Morgan fingerprint density at radius 2 is 1.93 bits per heavy atom. The maximum atomic E-state index is 11.9. The van der Waals surface area contributed by atoms with Gasteiger partial charge in [0.2, 0.25) is 0 Å². The summed E-state index contributed by atoms with van der Waals surface area (Å²) in [5.41, 5.74) is 5.20. The molecule has 0 radical (unpaired) electrons. The fraction of sp³-hybridized carbons (Fsp3) is 0.206. The number of carbonyl (C=O) groups is 1. The minimum atomic E-state index is -0.842. The first-order valence-corrected chi connectivity index (χ1v) is 14.2. The zero-order valence-corrected chi connectivity index (χ0v) is 24.0. The van der Waals surface area contributed by atoms with Gasteiger partial charge in [0, 0.05) is 46.8 Å². The van der Waals surface area contributed by atoms with Gasteiger partial charge in [-0.3, -0.25) is 19.7 Å². The lowest BCUT2D eigenvalue weighted by Gasteiger charge is -2.33. The second-order valence-corrected chi connectivity index (χ2v) is 10.6. The van der Waals surface area contributed by atoms with Crippen LogP contribution in [0.3, 0.4) is 0 Å². The number of hydrogen-bond acceptors (Lipinski definition) is 7. The molecule has 2 aromatic heterocycles. The summed E-state index contributed by atoms with van der Waals surface area (Å²) in [7, 11) is 0. The van der Waals surface area contributed by atoms with Crippen LogP contribution in [0.25, 0.3) is 23.3 Å². The summed E-state index contributed by atoms with van der Waals surface area (Å²) in [4.78, 5) is 22.4. The van der Waals surface area contributed by atoms with Crippen LogP contribution in [0.2, 0.25) is 5.02 Å². The van der Waals surface area contributed by atoms with Gasteiger partial charge >= 0.3 is 5.97 Å². The molecule has 0 spiro atoms. The van der Waals surface area contributed by atoms with Crippen molar-refractivity contribution in [2.75, 3.05) is 6.54 Å². The van der Waals surface area contributed by atoms with E-state index in [0.717, 1.165) is 35.1 Å². The monoisotopic (exact) mass is 589 g/mol. The quantitative estimate of drug-likeness (QED) is 0.228. The normalized spacial score (nSPS) is 15.1. The lowest BCUT2D eigenvalue weighted by molar-refractivity contribution is -0.144. The summed E-state index contributed by atoms with van der Waals surface area (Å²) >= 11 is 6.77. The molecule has 43 heavy (non-hydrogen) atoms. The van der Waals surface area contributed by atoms with Crippen molar-refractivity contribution in [2.45, 2.75) is 38.5 Å². The van der Waals surface area contributed by atoms with Crippen LogP contribution in [0.15, 0.2) is 73.2 Å². The van der Waals surface area contributed by atoms with Crippen molar-refractivity contribution >= 4 is 29.7 Å². The highest BCUT2D eigenvalue weighted by atomic mass is 35.5. The van der Waals surface area contributed by atoms with Gasteiger partial charge in [0.15, 0.2) is 0 Å². The van der Waals surface area contributed by atoms with E-state index in [9.17, 15) is 20.4 Å². The molecule has 214 valence electrons. The standard InChI is InChI=1S/C34H28ClN5O3/c35-30-15-27(21-40-13-5-4-8-32(40)34(41)42)33(43-22-24-14-23(17-36)19-38-20-24)16-26(30)9-10-31-29(18-37)28(11-12-39-31)25-6-2-1-3-7-25/h1-3,6-7,9-12,14-16,19-20,32H,4-5,8,13,21-22H2,(H,41,42)/b10-9+/t32-/m0/s1. The van der Waals surface area contributed by atoms with Gasteiger partial charge in [0.25, 0.3) is 0 Å². The molecule has 0 unspecified atom stereocenters. The summed E-state index contributed by atoms with van der Waals surface area (Å²) in [5, 5.41) is 29.5. The Morgan fingerprint density at radius 1 is 1.09 bits per heavy atom. The van der Waals surface area contributed by atoms with Crippen molar-refractivity contribution < 1.29 is 14.6 Å². The van der Waals surface area contributed by atoms with Crippen molar-refractivity contribution in [3.63, 3.8) is 0 Å². The van der Waals surface area contributed by atoms with Crippen molar-refractivity contribution in [3.8, 4) is 29.0 Å². The first-order valence-electron chi connectivity index (χ1n) is 13.9.